The lowest BCUT2D eigenvalue weighted by Gasteiger charge is -2.34. The molecule has 2 aromatic heterocycles. The first-order valence-corrected chi connectivity index (χ1v) is 10.2. The maximum atomic E-state index is 12.9. The average molecular weight is 441 g/mol. The van der Waals surface area contributed by atoms with E-state index in [1.165, 1.54) is 0 Å². The number of pyridine rings is 1. The molecule has 1 saturated carbocycles. The van der Waals surface area contributed by atoms with Gasteiger partial charge in [-0.15, -0.1) is 0 Å². The molecule has 0 bridgehead atoms. The van der Waals surface area contributed by atoms with Gasteiger partial charge in [-0.25, -0.2) is 0 Å². The highest BCUT2D eigenvalue weighted by molar-refractivity contribution is 9.10. The average Bonchev–Trinajstić information content (AvgIpc) is 3.22. The van der Waals surface area contributed by atoms with E-state index in [2.05, 4.69) is 36.4 Å². The van der Waals surface area contributed by atoms with E-state index in [-0.39, 0.29) is 5.91 Å². The zero-order valence-corrected chi connectivity index (χ0v) is 17.0. The summed E-state index contributed by atoms with van der Waals surface area (Å²) in [4.78, 5) is 21.5. The highest BCUT2D eigenvalue weighted by Crippen LogP contribution is 2.37. The zero-order chi connectivity index (χ0) is 19.4. The van der Waals surface area contributed by atoms with Gasteiger partial charge in [0.05, 0.1) is 6.42 Å². The number of hydrogen-bond acceptors (Lipinski definition) is 5. The molecule has 1 N–H and O–H groups in total. The van der Waals surface area contributed by atoms with Crippen molar-refractivity contribution in [1.82, 2.24) is 20.4 Å². The van der Waals surface area contributed by atoms with Crippen LogP contribution in [0.25, 0.3) is 11.4 Å². The first kappa shape index (κ1) is 18.8. The third kappa shape index (κ3) is 3.99. The summed E-state index contributed by atoms with van der Waals surface area (Å²) in [6.45, 7) is 0. The predicted molar refractivity (Wildman–Crippen MR) is 108 cm³/mol. The van der Waals surface area contributed by atoms with Gasteiger partial charge in [-0.1, -0.05) is 58.5 Å². The van der Waals surface area contributed by atoms with Crippen LogP contribution >= 0.6 is 15.9 Å². The highest BCUT2D eigenvalue weighted by atomic mass is 79.9. The summed E-state index contributed by atoms with van der Waals surface area (Å²) in [5.41, 5.74) is 1.19. The fourth-order valence-corrected chi connectivity index (χ4v) is 4.13. The zero-order valence-electron chi connectivity index (χ0n) is 15.4. The number of halogens is 1. The molecule has 144 valence electrons. The van der Waals surface area contributed by atoms with Crippen LogP contribution in [0.4, 0.5) is 0 Å². The molecule has 1 fully saturated rings. The molecule has 1 amide bonds. The van der Waals surface area contributed by atoms with E-state index in [0.717, 1.165) is 47.7 Å². The first-order chi connectivity index (χ1) is 13.7. The van der Waals surface area contributed by atoms with Crippen LogP contribution in [-0.2, 0) is 16.8 Å². The van der Waals surface area contributed by atoms with E-state index in [4.69, 9.17) is 4.52 Å². The monoisotopic (exact) mass is 440 g/mol. The number of amides is 1. The van der Waals surface area contributed by atoms with Crippen LogP contribution in [0, 0.1) is 0 Å². The molecule has 0 aliphatic heterocycles. The Bertz CT molecular complexity index is 952. The van der Waals surface area contributed by atoms with Crippen LogP contribution < -0.4 is 5.32 Å². The number of rotatable bonds is 5. The summed E-state index contributed by atoms with van der Waals surface area (Å²) in [6, 6.07) is 11.4. The van der Waals surface area contributed by atoms with Crippen LogP contribution in [0.2, 0.25) is 0 Å². The van der Waals surface area contributed by atoms with Gasteiger partial charge in [0.25, 0.3) is 5.89 Å². The second-order valence-corrected chi connectivity index (χ2v) is 7.97. The summed E-state index contributed by atoms with van der Waals surface area (Å²) in [5, 5.41) is 7.36. The predicted octanol–water partition coefficient (Wildman–Crippen LogP) is 4.41. The summed E-state index contributed by atoms with van der Waals surface area (Å²) >= 11 is 3.51. The van der Waals surface area contributed by atoms with Crippen molar-refractivity contribution in [3.05, 3.63) is 64.7 Å². The second-order valence-electron chi connectivity index (χ2n) is 7.12. The summed E-state index contributed by atoms with van der Waals surface area (Å²) in [6.07, 6.45) is 8.47. The Labute approximate surface area is 171 Å². The van der Waals surface area contributed by atoms with E-state index in [1.807, 2.05) is 36.4 Å². The van der Waals surface area contributed by atoms with Gasteiger partial charge in [0.15, 0.2) is 0 Å². The molecule has 7 heteroatoms. The molecule has 28 heavy (non-hydrogen) atoms. The van der Waals surface area contributed by atoms with E-state index >= 15 is 0 Å². The molecule has 1 aliphatic rings. The van der Waals surface area contributed by atoms with Crippen LogP contribution in [-0.4, -0.2) is 21.0 Å². The van der Waals surface area contributed by atoms with Gasteiger partial charge in [-0.3, -0.25) is 9.78 Å². The van der Waals surface area contributed by atoms with Gasteiger partial charge in [0.1, 0.15) is 5.54 Å². The topological polar surface area (TPSA) is 80.9 Å². The van der Waals surface area contributed by atoms with Crippen molar-refractivity contribution in [2.24, 2.45) is 0 Å². The Hall–Kier alpha value is -2.54. The van der Waals surface area contributed by atoms with E-state index in [9.17, 15) is 4.79 Å². The number of carbonyl (C=O) groups excluding carboxylic acids is 1. The lowest BCUT2D eigenvalue weighted by atomic mass is 9.81. The molecule has 0 saturated heterocycles. The standard InChI is InChI=1S/C21H21BrN4O2/c22-17-7-3-2-6-16(17)14-18(27)25-21(10-4-1-5-11-21)20-24-19(26-28-20)15-8-12-23-13-9-15/h2-3,6-9,12-13H,1,4-5,10-11,14H2,(H,25,27). The maximum absolute atomic E-state index is 12.9. The van der Waals surface area contributed by atoms with Crippen molar-refractivity contribution in [2.45, 2.75) is 44.1 Å². The van der Waals surface area contributed by atoms with Gasteiger partial charge >= 0.3 is 0 Å². The van der Waals surface area contributed by atoms with Gasteiger partial charge in [0, 0.05) is 22.4 Å². The van der Waals surface area contributed by atoms with Crippen molar-refractivity contribution in [3.8, 4) is 11.4 Å². The van der Waals surface area contributed by atoms with Crippen LogP contribution in [0.5, 0.6) is 0 Å². The quantitative estimate of drug-likeness (QED) is 0.635. The van der Waals surface area contributed by atoms with Crippen molar-refractivity contribution in [1.29, 1.82) is 0 Å². The fourth-order valence-electron chi connectivity index (χ4n) is 3.71. The number of nitrogens with one attached hydrogen (secondary N) is 1. The minimum Gasteiger partial charge on any atom is -0.341 e. The van der Waals surface area contributed by atoms with E-state index in [0.29, 0.717) is 18.1 Å². The molecule has 0 radical (unpaired) electrons. The minimum atomic E-state index is -0.602. The third-order valence-corrected chi connectivity index (χ3v) is 5.94. The number of aromatic nitrogens is 3. The molecule has 1 aromatic carbocycles. The van der Waals surface area contributed by atoms with Crippen molar-refractivity contribution < 1.29 is 9.32 Å². The molecule has 0 unspecified atom stereocenters. The third-order valence-electron chi connectivity index (χ3n) is 5.17. The van der Waals surface area contributed by atoms with Crippen molar-refractivity contribution in [2.75, 3.05) is 0 Å². The van der Waals surface area contributed by atoms with Crippen LogP contribution in [0.3, 0.4) is 0 Å². The fraction of sp³-hybridized carbons (Fsp3) is 0.333. The molecule has 0 atom stereocenters. The number of benzene rings is 1. The number of carbonyl (C=O) groups is 1. The molecule has 6 nitrogen and oxygen atoms in total. The maximum Gasteiger partial charge on any atom is 0.252 e. The molecule has 1 aliphatic carbocycles. The SMILES string of the molecule is O=C(Cc1ccccc1Br)NC1(c2nc(-c3ccncc3)no2)CCCCC1. The molecule has 2 heterocycles. The van der Waals surface area contributed by atoms with Gasteiger partial charge in [-0.2, -0.15) is 4.98 Å². The Morgan fingerprint density at radius 3 is 2.61 bits per heavy atom. The summed E-state index contributed by atoms with van der Waals surface area (Å²) < 4.78 is 6.56. The van der Waals surface area contributed by atoms with Gasteiger partial charge < -0.3 is 9.84 Å². The lowest BCUT2D eigenvalue weighted by Crippen LogP contribution is -2.48. The van der Waals surface area contributed by atoms with Crippen LogP contribution in [0.15, 0.2) is 57.8 Å². The Balaban J connectivity index is 1.58. The first-order valence-electron chi connectivity index (χ1n) is 9.45. The largest absolute Gasteiger partial charge is 0.341 e. The Morgan fingerprint density at radius 1 is 1.11 bits per heavy atom. The second kappa shape index (κ2) is 8.22. The molecule has 0 spiro atoms. The van der Waals surface area contributed by atoms with E-state index in [1.54, 1.807) is 12.4 Å². The minimum absolute atomic E-state index is 0.0440. The molecular formula is C21H21BrN4O2. The number of hydrogen-bond donors (Lipinski definition) is 1. The molecular weight excluding hydrogens is 420 g/mol. The normalized spacial score (nSPS) is 15.9. The summed E-state index contributed by atoms with van der Waals surface area (Å²) in [5.74, 6) is 0.958. The highest BCUT2D eigenvalue weighted by Gasteiger charge is 2.40. The van der Waals surface area contributed by atoms with Crippen LogP contribution in [0.1, 0.15) is 43.6 Å². The molecule has 3 aromatic rings. The van der Waals surface area contributed by atoms with Gasteiger partial charge in [-0.05, 0) is 36.6 Å². The number of nitrogens with zero attached hydrogens (tertiary/aromatic N) is 3. The summed E-state index contributed by atoms with van der Waals surface area (Å²) in [7, 11) is 0. The van der Waals surface area contributed by atoms with Crippen molar-refractivity contribution in [3.63, 3.8) is 0 Å². The molecule has 4 rings (SSSR count). The lowest BCUT2D eigenvalue weighted by molar-refractivity contribution is -0.123. The smallest absolute Gasteiger partial charge is 0.252 e. The Morgan fingerprint density at radius 2 is 1.86 bits per heavy atom. The van der Waals surface area contributed by atoms with E-state index < -0.39 is 5.54 Å². The van der Waals surface area contributed by atoms with Crippen molar-refractivity contribution >= 4 is 21.8 Å². The van der Waals surface area contributed by atoms with Gasteiger partial charge in [0.2, 0.25) is 11.7 Å². The Kier molecular flexibility index (Phi) is 5.52.